The largest absolute Gasteiger partial charge is 0.492 e. The van der Waals surface area contributed by atoms with E-state index in [0.717, 1.165) is 30.4 Å². The molecule has 0 radical (unpaired) electrons. The van der Waals surface area contributed by atoms with Crippen molar-refractivity contribution in [1.82, 2.24) is 9.62 Å². The van der Waals surface area contributed by atoms with E-state index >= 15 is 0 Å². The van der Waals surface area contributed by atoms with Gasteiger partial charge < -0.3 is 14.7 Å². The third-order valence-corrected chi connectivity index (χ3v) is 7.49. The molecule has 2 N–H and O–H groups in total. The molecular weight excluding hydrogens is 416 g/mol. The molecule has 1 aliphatic carbocycles. The van der Waals surface area contributed by atoms with Gasteiger partial charge >= 0.3 is 6.09 Å². The van der Waals surface area contributed by atoms with Gasteiger partial charge in [-0.25, -0.2) is 17.9 Å². The first kappa shape index (κ1) is 21.6. The zero-order valence-electron chi connectivity index (χ0n) is 17.4. The van der Waals surface area contributed by atoms with Gasteiger partial charge in [0, 0.05) is 25.0 Å². The van der Waals surface area contributed by atoms with Gasteiger partial charge in [-0.2, -0.15) is 0 Å². The van der Waals surface area contributed by atoms with Crippen molar-refractivity contribution >= 4 is 16.1 Å². The van der Waals surface area contributed by atoms with E-state index in [2.05, 4.69) is 16.9 Å². The number of nitrogens with one attached hydrogen (secondary N) is 1. The fourth-order valence-corrected chi connectivity index (χ4v) is 5.60. The molecule has 2 aromatic carbocycles. The van der Waals surface area contributed by atoms with Crippen LogP contribution in [0.4, 0.5) is 4.79 Å². The molecule has 4 rings (SSSR count). The molecule has 1 aliphatic heterocycles. The lowest BCUT2D eigenvalue weighted by Crippen LogP contribution is -2.62. The van der Waals surface area contributed by atoms with Crippen molar-refractivity contribution in [3.63, 3.8) is 0 Å². The highest BCUT2D eigenvalue weighted by Crippen LogP contribution is 2.39. The highest BCUT2D eigenvalue weighted by Gasteiger charge is 2.46. The van der Waals surface area contributed by atoms with E-state index in [1.165, 1.54) is 4.90 Å². The maximum Gasteiger partial charge on any atom is 0.407 e. The molecule has 2 aliphatic rings. The summed E-state index contributed by atoms with van der Waals surface area (Å²) < 4.78 is 32.3. The summed E-state index contributed by atoms with van der Waals surface area (Å²) >= 11 is 0. The van der Waals surface area contributed by atoms with Gasteiger partial charge in [-0.1, -0.05) is 42.5 Å². The molecule has 0 aromatic heterocycles. The number of carbonyl (C=O) groups is 1. The summed E-state index contributed by atoms with van der Waals surface area (Å²) in [5, 5.41) is 9.35. The molecule has 0 bridgehead atoms. The Morgan fingerprint density at radius 3 is 2.55 bits per heavy atom. The molecule has 7 nitrogen and oxygen atoms in total. The number of hydrogen-bond donors (Lipinski definition) is 2. The first-order valence-corrected chi connectivity index (χ1v) is 12.2. The molecule has 1 amide bonds. The third kappa shape index (κ3) is 5.57. The number of hydrogen-bond acceptors (Lipinski definition) is 4. The number of ether oxygens (including phenoxy) is 1. The van der Waals surface area contributed by atoms with Crippen molar-refractivity contribution in [2.24, 2.45) is 5.92 Å². The van der Waals surface area contributed by atoms with Gasteiger partial charge in [0.1, 0.15) is 12.4 Å². The highest BCUT2D eigenvalue weighted by molar-refractivity contribution is 7.89. The molecule has 1 heterocycles. The third-order valence-electron chi connectivity index (χ3n) is 5.93. The topological polar surface area (TPSA) is 95.9 Å². The van der Waals surface area contributed by atoms with Crippen LogP contribution in [-0.4, -0.2) is 56.5 Å². The van der Waals surface area contributed by atoms with Gasteiger partial charge in [-0.15, -0.1) is 0 Å². The Hall–Kier alpha value is -2.58. The molecule has 0 spiro atoms. The van der Waals surface area contributed by atoms with E-state index < -0.39 is 16.1 Å². The van der Waals surface area contributed by atoms with Gasteiger partial charge in [0.15, 0.2) is 0 Å². The standard InChI is InChI=1S/C23H28N2O5S/c26-22(27)25-16-23(17-25,14-18-5-2-1-3-6-18)20-7-4-8-21(13-20)30-12-11-24-31(28,29)15-19-9-10-19/h1-8,13,19,24H,9-12,14-17H2,(H,26,27). The van der Waals surface area contributed by atoms with E-state index in [0.29, 0.717) is 24.8 Å². The average Bonchev–Trinajstić information content (AvgIpc) is 3.52. The maximum atomic E-state index is 12.0. The summed E-state index contributed by atoms with van der Waals surface area (Å²) in [6.45, 7) is 1.32. The zero-order valence-corrected chi connectivity index (χ0v) is 18.2. The fraction of sp³-hybridized carbons (Fsp3) is 0.435. The predicted octanol–water partition coefficient (Wildman–Crippen LogP) is 2.87. The molecular formula is C23H28N2O5S. The monoisotopic (exact) mass is 444 g/mol. The molecule has 1 saturated carbocycles. The first-order chi connectivity index (χ1) is 14.9. The summed E-state index contributed by atoms with van der Waals surface area (Å²) in [4.78, 5) is 12.8. The fourth-order valence-electron chi connectivity index (χ4n) is 4.14. The molecule has 31 heavy (non-hydrogen) atoms. The quantitative estimate of drug-likeness (QED) is 0.550. The smallest absolute Gasteiger partial charge is 0.407 e. The lowest BCUT2D eigenvalue weighted by atomic mass is 9.69. The highest BCUT2D eigenvalue weighted by atomic mass is 32.2. The minimum Gasteiger partial charge on any atom is -0.492 e. The lowest BCUT2D eigenvalue weighted by molar-refractivity contribution is 0.0593. The van der Waals surface area contributed by atoms with E-state index in [-0.39, 0.29) is 24.3 Å². The van der Waals surface area contributed by atoms with Crippen LogP contribution < -0.4 is 9.46 Å². The van der Waals surface area contributed by atoms with E-state index in [1.54, 1.807) is 0 Å². The van der Waals surface area contributed by atoms with Crippen LogP contribution in [0.5, 0.6) is 5.75 Å². The Morgan fingerprint density at radius 1 is 1.13 bits per heavy atom. The van der Waals surface area contributed by atoms with E-state index in [9.17, 15) is 18.3 Å². The van der Waals surface area contributed by atoms with Crippen LogP contribution in [0.15, 0.2) is 54.6 Å². The summed E-state index contributed by atoms with van der Waals surface area (Å²) in [5.74, 6) is 1.16. The second kappa shape index (κ2) is 8.88. The Balaban J connectivity index is 1.40. The Morgan fingerprint density at radius 2 is 1.87 bits per heavy atom. The summed E-state index contributed by atoms with van der Waals surface area (Å²) in [6, 6.07) is 17.7. The Labute approximate surface area is 183 Å². The number of likely N-dealkylation sites (tertiary alicyclic amines) is 1. The Bertz CT molecular complexity index is 1020. The molecule has 166 valence electrons. The van der Waals surface area contributed by atoms with Crippen molar-refractivity contribution < 1.29 is 23.1 Å². The van der Waals surface area contributed by atoms with E-state index in [4.69, 9.17) is 4.74 Å². The average molecular weight is 445 g/mol. The second-order valence-corrected chi connectivity index (χ2v) is 10.4. The van der Waals surface area contributed by atoms with Crippen LogP contribution in [0.25, 0.3) is 0 Å². The van der Waals surface area contributed by atoms with Crippen LogP contribution in [0, 0.1) is 5.92 Å². The van der Waals surface area contributed by atoms with Crippen LogP contribution in [-0.2, 0) is 21.9 Å². The number of amides is 1. The van der Waals surface area contributed by atoms with Crippen molar-refractivity contribution in [2.45, 2.75) is 24.7 Å². The number of carboxylic acid groups (broad SMARTS) is 1. The number of nitrogens with zero attached hydrogens (tertiary/aromatic N) is 1. The van der Waals surface area contributed by atoms with Crippen LogP contribution in [0.3, 0.4) is 0 Å². The molecule has 2 fully saturated rings. The molecule has 1 saturated heterocycles. The minimum atomic E-state index is -3.24. The van der Waals surface area contributed by atoms with Crippen LogP contribution in [0.2, 0.25) is 0 Å². The summed E-state index contributed by atoms with van der Waals surface area (Å²) in [5.41, 5.74) is 1.88. The van der Waals surface area contributed by atoms with Gasteiger partial charge in [0.25, 0.3) is 0 Å². The van der Waals surface area contributed by atoms with Crippen LogP contribution in [0.1, 0.15) is 24.0 Å². The second-order valence-electron chi connectivity index (χ2n) is 8.58. The summed E-state index contributed by atoms with van der Waals surface area (Å²) in [6.07, 6.45) is 1.82. The number of rotatable bonds is 10. The number of benzene rings is 2. The van der Waals surface area contributed by atoms with E-state index in [1.807, 2.05) is 42.5 Å². The van der Waals surface area contributed by atoms with Gasteiger partial charge in [-0.3, -0.25) is 0 Å². The normalized spacial score (nSPS) is 17.7. The molecule has 0 unspecified atom stereocenters. The minimum absolute atomic E-state index is 0.199. The molecule has 0 atom stereocenters. The summed E-state index contributed by atoms with van der Waals surface area (Å²) in [7, 11) is -3.24. The van der Waals surface area contributed by atoms with Crippen LogP contribution >= 0.6 is 0 Å². The maximum absolute atomic E-state index is 12.0. The van der Waals surface area contributed by atoms with Crippen molar-refractivity contribution in [2.75, 3.05) is 32.0 Å². The van der Waals surface area contributed by atoms with Gasteiger partial charge in [0.2, 0.25) is 10.0 Å². The SMILES string of the molecule is O=C(O)N1CC(Cc2ccccc2)(c2cccc(OCCNS(=O)(=O)CC3CC3)c2)C1. The zero-order chi connectivity index (χ0) is 21.9. The molecule has 8 heteroatoms. The van der Waals surface area contributed by atoms with Gasteiger partial charge in [-0.05, 0) is 48.4 Å². The Kier molecular flexibility index (Phi) is 6.20. The first-order valence-electron chi connectivity index (χ1n) is 10.6. The van der Waals surface area contributed by atoms with Crippen molar-refractivity contribution in [1.29, 1.82) is 0 Å². The van der Waals surface area contributed by atoms with Crippen molar-refractivity contribution in [3.05, 3.63) is 65.7 Å². The van der Waals surface area contributed by atoms with Crippen molar-refractivity contribution in [3.8, 4) is 5.75 Å². The predicted molar refractivity (Wildman–Crippen MR) is 118 cm³/mol. The van der Waals surface area contributed by atoms with Gasteiger partial charge in [0.05, 0.1) is 5.75 Å². The molecule has 2 aromatic rings. The lowest BCUT2D eigenvalue weighted by Gasteiger charge is -2.49. The number of sulfonamides is 1.